The van der Waals surface area contributed by atoms with Gasteiger partial charge in [0.15, 0.2) is 5.16 Å². The molecule has 3 rings (SSSR count). The van der Waals surface area contributed by atoms with Gasteiger partial charge in [0.2, 0.25) is 5.91 Å². The van der Waals surface area contributed by atoms with Gasteiger partial charge in [-0.05, 0) is 38.7 Å². The number of esters is 1. The van der Waals surface area contributed by atoms with Crippen LogP contribution in [0.3, 0.4) is 0 Å². The van der Waals surface area contributed by atoms with Crippen molar-refractivity contribution >= 4 is 45.2 Å². The van der Waals surface area contributed by atoms with Gasteiger partial charge in [-0.2, -0.15) is 0 Å². The Labute approximate surface area is 184 Å². The highest BCUT2D eigenvalue weighted by Gasteiger charge is 2.28. The number of thiophene rings is 1. The molecule has 0 aliphatic carbocycles. The Hall–Kier alpha value is -1.87. The molecular formula is C21H29N3O4S2. The lowest BCUT2D eigenvalue weighted by molar-refractivity contribution is -0.148. The smallest absolute Gasteiger partial charge is 0.308 e. The molecule has 0 bridgehead atoms. The molecule has 2 aromatic heterocycles. The first-order valence-electron chi connectivity index (χ1n) is 10.4. The monoisotopic (exact) mass is 451 g/mol. The fourth-order valence-corrected chi connectivity index (χ4v) is 5.68. The minimum atomic E-state index is -0.199. The summed E-state index contributed by atoms with van der Waals surface area (Å²) in [6.45, 7) is 7.77. The minimum Gasteiger partial charge on any atom is -0.469 e. The normalized spacial score (nSPS) is 15.0. The van der Waals surface area contributed by atoms with Gasteiger partial charge >= 0.3 is 5.97 Å². The number of aromatic nitrogens is 2. The molecule has 0 aromatic carbocycles. The Morgan fingerprint density at radius 2 is 1.97 bits per heavy atom. The number of amides is 1. The Morgan fingerprint density at radius 3 is 2.60 bits per heavy atom. The molecule has 1 saturated heterocycles. The SMILES string of the molecule is CCCCn1c(SCC(=O)N2CCC(C(=O)OC)CC2)nc2sc(C)c(C)c2c1=O. The average Bonchev–Trinajstić information content (AvgIpc) is 3.04. The van der Waals surface area contributed by atoms with Crippen molar-refractivity contribution < 1.29 is 14.3 Å². The van der Waals surface area contributed by atoms with E-state index in [1.54, 1.807) is 9.47 Å². The average molecular weight is 452 g/mol. The molecule has 164 valence electrons. The summed E-state index contributed by atoms with van der Waals surface area (Å²) in [5.74, 6) is -0.0787. The lowest BCUT2D eigenvalue weighted by atomic mass is 9.97. The Kier molecular flexibility index (Phi) is 7.57. The van der Waals surface area contributed by atoms with E-state index in [0.717, 1.165) is 28.1 Å². The summed E-state index contributed by atoms with van der Waals surface area (Å²) in [5, 5.41) is 1.31. The predicted octanol–water partition coefficient (Wildman–Crippen LogP) is 3.38. The number of piperidine rings is 1. The summed E-state index contributed by atoms with van der Waals surface area (Å²) < 4.78 is 6.53. The molecular weight excluding hydrogens is 422 g/mol. The van der Waals surface area contributed by atoms with Crippen LogP contribution in [0.1, 0.15) is 43.0 Å². The first kappa shape index (κ1) is 22.8. The first-order valence-corrected chi connectivity index (χ1v) is 12.2. The molecule has 0 atom stereocenters. The molecule has 0 N–H and O–H groups in total. The molecule has 0 unspecified atom stereocenters. The van der Waals surface area contributed by atoms with Gasteiger partial charge in [0, 0.05) is 24.5 Å². The summed E-state index contributed by atoms with van der Waals surface area (Å²) in [5.41, 5.74) is 0.989. The molecule has 30 heavy (non-hydrogen) atoms. The summed E-state index contributed by atoms with van der Waals surface area (Å²) in [6, 6.07) is 0. The van der Waals surface area contributed by atoms with E-state index in [9.17, 15) is 14.4 Å². The highest BCUT2D eigenvalue weighted by Crippen LogP contribution is 2.29. The molecule has 0 spiro atoms. The zero-order valence-corrected chi connectivity index (χ0v) is 19.7. The third kappa shape index (κ3) is 4.72. The van der Waals surface area contributed by atoms with Crippen LogP contribution in [0.5, 0.6) is 0 Å². The molecule has 2 aromatic rings. The van der Waals surface area contributed by atoms with E-state index in [0.29, 0.717) is 43.0 Å². The van der Waals surface area contributed by atoms with Gasteiger partial charge in [0.05, 0.1) is 24.2 Å². The van der Waals surface area contributed by atoms with Crippen LogP contribution in [0.4, 0.5) is 0 Å². The van der Waals surface area contributed by atoms with Crippen molar-refractivity contribution in [3.05, 3.63) is 20.8 Å². The van der Waals surface area contributed by atoms with Crippen molar-refractivity contribution in [3.63, 3.8) is 0 Å². The van der Waals surface area contributed by atoms with Crippen LogP contribution in [0, 0.1) is 19.8 Å². The maximum atomic E-state index is 13.1. The second kappa shape index (κ2) is 9.96. The molecule has 3 heterocycles. The van der Waals surface area contributed by atoms with E-state index < -0.39 is 0 Å². The molecule has 1 fully saturated rings. The van der Waals surface area contributed by atoms with Crippen LogP contribution in [0.25, 0.3) is 10.2 Å². The van der Waals surface area contributed by atoms with Crippen molar-refractivity contribution in [2.75, 3.05) is 26.0 Å². The van der Waals surface area contributed by atoms with E-state index in [-0.39, 0.29) is 29.1 Å². The number of carbonyl (C=O) groups excluding carboxylic acids is 2. The van der Waals surface area contributed by atoms with Crippen LogP contribution in [-0.2, 0) is 20.9 Å². The molecule has 1 amide bonds. The number of thioether (sulfide) groups is 1. The first-order chi connectivity index (χ1) is 14.4. The van der Waals surface area contributed by atoms with Crippen LogP contribution >= 0.6 is 23.1 Å². The second-order valence-corrected chi connectivity index (χ2v) is 9.78. The summed E-state index contributed by atoms with van der Waals surface area (Å²) in [4.78, 5) is 45.9. The molecule has 1 aliphatic rings. The van der Waals surface area contributed by atoms with E-state index in [1.807, 2.05) is 13.8 Å². The minimum absolute atomic E-state index is 0.0101. The van der Waals surface area contributed by atoms with Crippen LogP contribution in [0.2, 0.25) is 0 Å². The number of methoxy groups -OCH3 is 1. The Bertz CT molecular complexity index is 990. The molecule has 0 radical (unpaired) electrons. The Morgan fingerprint density at radius 1 is 1.27 bits per heavy atom. The number of nitrogens with zero attached hydrogens (tertiary/aromatic N) is 3. The summed E-state index contributed by atoms with van der Waals surface area (Å²) >= 11 is 2.86. The van der Waals surface area contributed by atoms with Gasteiger partial charge in [0.25, 0.3) is 5.56 Å². The lowest BCUT2D eigenvalue weighted by Crippen LogP contribution is -2.41. The summed E-state index contributed by atoms with van der Waals surface area (Å²) in [6.07, 6.45) is 3.12. The van der Waals surface area contributed by atoms with Crippen molar-refractivity contribution in [2.24, 2.45) is 5.92 Å². The fourth-order valence-electron chi connectivity index (χ4n) is 3.68. The number of fused-ring (bicyclic) bond motifs is 1. The zero-order chi connectivity index (χ0) is 21.8. The number of ether oxygens (including phenoxy) is 1. The maximum Gasteiger partial charge on any atom is 0.308 e. The number of carbonyl (C=O) groups is 2. The topological polar surface area (TPSA) is 81.5 Å². The second-order valence-electron chi connectivity index (χ2n) is 7.64. The van der Waals surface area contributed by atoms with Crippen molar-refractivity contribution in [1.82, 2.24) is 14.5 Å². The van der Waals surface area contributed by atoms with Gasteiger partial charge in [-0.15, -0.1) is 11.3 Å². The van der Waals surface area contributed by atoms with Gasteiger partial charge < -0.3 is 9.64 Å². The molecule has 0 saturated carbocycles. The van der Waals surface area contributed by atoms with Crippen LogP contribution < -0.4 is 5.56 Å². The van der Waals surface area contributed by atoms with Gasteiger partial charge in [-0.1, -0.05) is 25.1 Å². The third-order valence-electron chi connectivity index (χ3n) is 5.70. The lowest BCUT2D eigenvalue weighted by Gasteiger charge is -2.30. The van der Waals surface area contributed by atoms with Crippen molar-refractivity contribution in [1.29, 1.82) is 0 Å². The largest absolute Gasteiger partial charge is 0.469 e. The van der Waals surface area contributed by atoms with E-state index in [1.165, 1.54) is 30.2 Å². The zero-order valence-electron chi connectivity index (χ0n) is 18.0. The summed E-state index contributed by atoms with van der Waals surface area (Å²) in [7, 11) is 1.40. The van der Waals surface area contributed by atoms with Crippen LogP contribution in [0.15, 0.2) is 9.95 Å². The standard InChI is InChI=1S/C21H29N3O4S2/c1-5-6-9-24-19(26)17-13(2)14(3)30-18(17)22-21(24)29-12-16(25)23-10-7-15(8-11-23)20(27)28-4/h15H,5-12H2,1-4H3. The number of aryl methyl sites for hydroxylation is 2. The van der Waals surface area contributed by atoms with Crippen molar-refractivity contribution in [2.45, 2.75) is 58.2 Å². The van der Waals surface area contributed by atoms with E-state index in [2.05, 4.69) is 6.92 Å². The van der Waals surface area contributed by atoms with Gasteiger partial charge in [0.1, 0.15) is 4.83 Å². The number of likely N-dealkylation sites (tertiary alicyclic amines) is 1. The van der Waals surface area contributed by atoms with Crippen molar-refractivity contribution in [3.8, 4) is 0 Å². The highest BCUT2D eigenvalue weighted by molar-refractivity contribution is 7.99. The third-order valence-corrected chi connectivity index (χ3v) is 7.76. The molecule has 9 heteroatoms. The quantitative estimate of drug-likeness (QED) is 0.365. The number of hydrogen-bond donors (Lipinski definition) is 0. The fraction of sp³-hybridized carbons (Fsp3) is 0.619. The van der Waals surface area contributed by atoms with Gasteiger partial charge in [-0.3, -0.25) is 19.0 Å². The molecule has 1 aliphatic heterocycles. The Balaban J connectivity index is 1.74. The maximum absolute atomic E-state index is 13.1. The van der Waals surface area contributed by atoms with Crippen LogP contribution in [-0.4, -0.2) is 52.3 Å². The number of unbranched alkanes of at least 4 members (excludes halogenated alkanes) is 1. The number of hydrogen-bond acceptors (Lipinski definition) is 7. The predicted molar refractivity (Wildman–Crippen MR) is 120 cm³/mol. The van der Waals surface area contributed by atoms with E-state index in [4.69, 9.17) is 9.72 Å². The van der Waals surface area contributed by atoms with E-state index >= 15 is 0 Å². The molecule has 7 nitrogen and oxygen atoms in total. The highest BCUT2D eigenvalue weighted by atomic mass is 32.2. The van der Waals surface area contributed by atoms with Gasteiger partial charge in [-0.25, -0.2) is 4.98 Å². The number of rotatable bonds is 7.